The van der Waals surface area contributed by atoms with Gasteiger partial charge in [-0.15, -0.1) is 11.3 Å². The van der Waals surface area contributed by atoms with E-state index in [0.29, 0.717) is 22.3 Å². The van der Waals surface area contributed by atoms with Crippen LogP contribution in [0.4, 0.5) is 0 Å². The molecule has 0 aliphatic carbocycles. The first-order chi connectivity index (χ1) is 12.6. The van der Waals surface area contributed by atoms with Crippen molar-refractivity contribution >= 4 is 33.9 Å². The first kappa shape index (κ1) is 16.6. The number of rotatable bonds is 5. The molecule has 0 aliphatic rings. The van der Waals surface area contributed by atoms with E-state index >= 15 is 0 Å². The highest BCUT2D eigenvalue weighted by Crippen LogP contribution is 2.33. The van der Waals surface area contributed by atoms with Crippen molar-refractivity contribution in [3.05, 3.63) is 76.4 Å². The second-order valence-corrected chi connectivity index (χ2v) is 6.87. The van der Waals surface area contributed by atoms with Crippen molar-refractivity contribution in [3.8, 4) is 17.0 Å². The van der Waals surface area contributed by atoms with Crippen LogP contribution in [-0.2, 0) is 6.61 Å². The number of carbonyl (C=O) groups is 1. The maximum Gasteiger partial charge on any atom is 0.356 e. The molecule has 0 radical (unpaired) electrons. The zero-order chi connectivity index (χ0) is 18.1. The third kappa shape index (κ3) is 3.16. The lowest BCUT2D eigenvalue weighted by Gasteiger charge is -2.09. The molecule has 4 rings (SSSR count). The lowest BCUT2D eigenvalue weighted by Crippen LogP contribution is -1.96. The molecule has 5 nitrogen and oxygen atoms in total. The van der Waals surface area contributed by atoms with Crippen LogP contribution >= 0.6 is 22.9 Å². The summed E-state index contributed by atoms with van der Waals surface area (Å²) in [5, 5.41) is 11.5. The number of aromatic nitrogens is 2. The molecule has 130 valence electrons. The number of hydrogen-bond donors (Lipinski definition) is 1. The van der Waals surface area contributed by atoms with Crippen molar-refractivity contribution in [1.29, 1.82) is 0 Å². The highest BCUT2D eigenvalue weighted by atomic mass is 35.5. The quantitative estimate of drug-likeness (QED) is 0.526. The van der Waals surface area contributed by atoms with Crippen molar-refractivity contribution in [2.24, 2.45) is 0 Å². The number of carboxylic acid groups (broad SMARTS) is 1. The Morgan fingerprint density at radius 1 is 1.23 bits per heavy atom. The Morgan fingerprint density at radius 2 is 2.04 bits per heavy atom. The van der Waals surface area contributed by atoms with Crippen LogP contribution in [-0.4, -0.2) is 20.5 Å². The van der Waals surface area contributed by atoms with Crippen LogP contribution in [0.15, 0.2) is 60.1 Å². The van der Waals surface area contributed by atoms with Gasteiger partial charge in [-0.05, 0) is 23.8 Å². The van der Waals surface area contributed by atoms with Gasteiger partial charge in [-0.3, -0.25) is 4.40 Å². The molecular formula is C19H13ClN2O3S. The van der Waals surface area contributed by atoms with Gasteiger partial charge in [-0.2, -0.15) is 0 Å². The second kappa shape index (κ2) is 6.82. The Labute approximate surface area is 158 Å². The Bertz CT molecular complexity index is 1090. The molecule has 0 unspecified atom stereocenters. The Kier molecular flexibility index (Phi) is 4.36. The number of fused-ring (bicyclic) bond motifs is 1. The average Bonchev–Trinajstić information content (AvgIpc) is 3.22. The molecule has 2 aromatic carbocycles. The number of aromatic carboxylic acids is 1. The minimum atomic E-state index is -1.05. The summed E-state index contributed by atoms with van der Waals surface area (Å²) in [6.07, 6.45) is 1.51. The molecule has 0 amide bonds. The number of ether oxygens (including phenoxy) is 1. The number of benzene rings is 2. The molecule has 1 N–H and O–H groups in total. The van der Waals surface area contributed by atoms with Gasteiger partial charge in [-0.25, -0.2) is 9.78 Å². The largest absolute Gasteiger partial charge is 0.487 e. The standard InChI is InChI=1S/C19H13ClN2O3S/c20-14-8-13(6-7-17(14)25-10-12-4-2-1-3-5-12)16-11-26-19-21-15(18(23)24)9-22(16)19/h1-9,11H,10H2,(H,23,24). The molecule has 4 aromatic rings. The maximum absolute atomic E-state index is 11.1. The molecule has 2 aromatic heterocycles. The second-order valence-electron chi connectivity index (χ2n) is 5.62. The van der Waals surface area contributed by atoms with Crippen LogP contribution in [0.25, 0.3) is 16.2 Å². The first-order valence-corrected chi connectivity index (χ1v) is 9.04. The minimum Gasteiger partial charge on any atom is -0.487 e. The molecule has 0 atom stereocenters. The van der Waals surface area contributed by atoms with Gasteiger partial charge in [-0.1, -0.05) is 41.9 Å². The van der Waals surface area contributed by atoms with Crippen LogP contribution in [0.3, 0.4) is 0 Å². The molecule has 0 saturated heterocycles. The summed E-state index contributed by atoms with van der Waals surface area (Å²) < 4.78 is 7.55. The fourth-order valence-electron chi connectivity index (χ4n) is 2.61. The molecule has 0 saturated carbocycles. The highest BCUT2D eigenvalue weighted by molar-refractivity contribution is 7.15. The summed E-state index contributed by atoms with van der Waals surface area (Å²) >= 11 is 7.76. The third-order valence-corrected chi connectivity index (χ3v) is 5.03. The Morgan fingerprint density at radius 3 is 2.77 bits per heavy atom. The van der Waals surface area contributed by atoms with Crippen LogP contribution in [0.1, 0.15) is 16.1 Å². The van der Waals surface area contributed by atoms with E-state index in [0.717, 1.165) is 16.8 Å². The van der Waals surface area contributed by atoms with E-state index in [1.807, 2.05) is 53.9 Å². The van der Waals surface area contributed by atoms with E-state index in [2.05, 4.69) is 4.98 Å². The number of nitrogens with zero attached hydrogens (tertiary/aromatic N) is 2. The van der Waals surface area contributed by atoms with Crippen molar-refractivity contribution in [2.45, 2.75) is 6.61 Å². The molecule has 0 aliphatic heterocycles. The summed E-state index contributed by atoms with van der Waals surface area (Å²) in [5.41, 5.74) is 2.78. The minimum absolute atomic E-state index is 0.0204. The molecule has 0 spiro atoms. The van der Waals surface area contributed by atoms with Crippen LogP contribution < -0.4 is 4.74 Å². The van der Waals surface area contributed by atoms with Gasteiger partial charge in [0.25, 0.3) is 0 Å². The Balaban J connectivity index is 1.60. The summed E-state index contributed by atoms with van der Waals surface area (Å²) in [6.45, 7) is 0.437. The van der Waals surface area contributed by atoms with E-state index < -0.39 is 5.97 Å². The fourth-order valence-corrected chi connectivity index (χ4v) is 3.72. The zero-order valence-corrected chi connectivity index (χ0v) is 15.0. The lowest BCUT2D eigenvalue weighted by atomic mass is 10.1. The number of carboxylic acids is 1. The molecule has 7 heteroatoms. The van der Waals surface area contributed by atoms with Gasteiger partial charge in [0.05, 0.1) is 10.7 Å². The van der Waals surface area contributed by atoms with Gasteiger partial charge >= 0.3 is 5.97 Å². The number of halogens is 1. The fraction of sp³-hybridized carbons (Fsp3) is 0.0526. The first-order valence-electron chi connectivity index (χ1n) is 7.78. The monoisotopic (exact) mass is 384 g/mol. The molecular weight excluding hydrogens is 372 g/mol. The third-order valence-electron chi connectivity index (χ3n) is 3.89. The summed E-state index contributed by atoms with van der Waals surface area (Å²) in [5.74, 6) is -0.447. The predicted molar refractivity (Wildman–Crippen MR) is 101 cm³/mol. The van der Waals surface area contributed by atoms with Crippen molar-refractivity contribution in [1.82, 2.24) is 9.38 Å². The van der Waals surface area contributed by atoms with Gasteiger partial charge < -0.3 is 9.84 Å². The van der Waals surface area contributed by atoms with Crippen LogP contribution in [0.5, 0.6) is 5.75 Å². The predicted octanol–water partition coefficient (Wildman–Crippen LogP) is 4.99. The average molecular weight is 385 g/mol. The lowest BCUT2D eigenvalue weighted by molar-refractivity contribution is 0.0691. The van der Waals surface area contributed by atoms with E-state index in [1.165, 1.54) is 17.5 Å². The Hall–Kier alpha value is -2.83. The molecule has 2 heterocycles. The van der Waals surface area contributed by atoms with Gasteiger partial charge in [0.15, 0.2) is 10.7 Å². The van der Waals surface area contributed by atoms with Crippen molar-refractivity contribution in [2.75, 3.05) is 0 Å². The molecule has 0 fully saturated rings. The van der Waals surface area contributed by atoms with Crippen molar-refractivity contribution in [3.63, 3.8) is 0 Å². The van der Waals surface area contributed by atoms with E-state index in [4.69, 9.17) is 21.4 Å². The highest BCUT2D eigenvalue weighted by Gasteiger charge is 2.14. The van der Waals surface area contributed by atoms with Crippen LogP contribution in [0, 0.1) is 0 Å². The van der Waals surface area contributed by atoms with Gasteiger partial charge in [0, 0.05) is 17.1 Å². The summed E-state index contributed by atoms with van der Waals surface area (Å²) in [4.78, 5) is 15.8. The summed E-state index contributed by atoms with van der Waals surface area (Å²) in [7, 11) is 0. The van der Waals surface area contributed by atoms with Gasteiger partial charge in [0.1, 0.15) is 12.4 Å². The normalized spacial score (nSPS) is 11.0. The van der Waals surface area contributed by atoms with E-state index in [-0.39, 0.29) is 5.69 Å². The summed E-state index contributed by atoms with van der Waals surface area (Å²) in [6, 6.07) is 15.4. The topological polar surface area (TPSA) is 63.8 Å². The molecule has 0 bridgehead atoms. The number of hydrogen-bond acceptors (Lipinski definition) is 4. The van der Waals surface area contributed by atoms with Crippen LogP contribution in [0.2, 0.25) is 5.02 Å². The van der Waals surface area contributed by atoms with E-state index in [1.54, 1.807) is 4.40 Å². The zero-order valence-electron chi connectivity index (χ0n) is 13.4. The molecule has 26 heavy (non-hydrogen) atoms. The maximum atomic E-state index is 11.1. The van der Waals surface area contributed by atoms with Crippen molar-refractivity contribution < 1.29 is 14.6 Å². The van der Waals surface area contributed by atoms with E-state index in [9.17, 15) is 4.79 Å². The number of thiazole rings is 1. The SMILES string of the molecule is O=C(O)c1cn2c(-c3ccc(OCc4ccccc4)c(Cl)c3)csc2n1. The number of imidazole rings is 1. The smallest absolute Gasteiger partial charge is 0.356 e. The van der Waals surface area contributed by atoms with Gasteiger partial charge in [0.2, 0.25) is 0 Å².